The van der Waals surface area contributed by atoms with Gasteiger partial charge in [0.15, 0.2) is 0 Å². The first-order valence-corrected chi connectivity index (χ1v) is 6.82. The number of benzene rings is 1. The lowest BCUT2D eigenvalue weighted by atomic mass is 10.1. The Hall–Kier alpha value is -1.92. The van der Waals surface area contributed by atoms with Crippen molar-refractivity contribution in [3.63, 3.8) is 0 Å². The van der Waals surface area contributed by atoms with Crippen molar-refractivity contribution in [3.8, 4) is 0 Å². The van der Waals surface area contributed by atoms with E-state index in [1.54, 1.807) is 24.2 Å². The number of nitrogens with two attached hydrogens (primary N) is 1. The number of rotatable bonds is 4. The van der Waals surface area contributed by atoms with E-state index in [0.717, 1.165) is 10.0 Å². The van der Waals surface area contributed by atoms with Crippen LogP contribution in [0, 0.1) is 0 Å². The summed E-state index contributed by atoms with van der Waals surface area (Å²) < 4.78 is 0.978. The molecule has 0 aliphatic heterocycles. The standard InChI is InChI=1S/C14H15BrN4O/c1-19(9-10-4-2-3-5-12(10)15)14(20)11-6-7-17-8-13(11)18-16/h2-8,18H,9,16H2,1H3. The molecule has 0 bridgehead atoms. The SMILES string of the molecule is CN(Cc1ccccc1Br)C(=O)c1ccncc1NN. The number of nitrogens with zero attached hydrogens (tertiary/aromatic N) is 2. The van der Waals surface area contributed by atoms with E-state index in [1.807, 2.05) is 24.3 Å². The van der Waals surface area contributed by atoms with Gasteiger partial charge in [0, 0.05) is 24.3 Å². The summed E-state index contributed by atoms with van der Waals surface area (Å²) in [4.78, 5) is 18.0. The Bertz CT molecular complexity index is 618. The number of nitrogen functional groups attached to an aromatic ring is 1. The van der Waals surface area contributed by atoms with Crippen LogP contribution in [-0.4, -0.2) is 22.8 Å². The highest BCUT2D eigenvalue weighted by Crippen LogP contribution is 2.19. The maximum absolute atomic E-state index is 12.4. The number of halogens is 1. The largest absolute Gasteiger partial charge is 0.337 e. The zero-order valence-corrected chi connectivity index (χ0v) is 12.6. The number of hydrogen-bond acceptors (Lipinski definition) is 4. The third kappa shape index (κ3) is 3.15. The number of hydrazine groups is 1. The fraction of sp³-hybridized carbons (Fsp3) is 0.143. The van der Waals surface area contributed by atoms with E-state index in [2.05, 4.69) is 26.3 Å². The van der Waals surface area contributed by atoms with Crippen LogP contribution in [0.15, 0.2) is 47.2 Å². The van der Waals surface area contributed by atoms with Gasteiger partial charge in [-0.15, -0.1) is 0 Å². The first-order valence-electron chi connectivity index (χ1n) is 6.03. The van der Waals surface area contributed by atoms with Crippen molar-refractivity contribution in [3.05, 3.63) is 58.3 Å². The zero-order chi connectivity index (χ0) is 14.5. The number of hydrogen-bond donors (Lipinski definition) is 2. The Labute approximate surface area is 125 Å². The summed E-state index contributed by atoms with van der Waals surface area (Å²) in [7, 11) is 1.75. The fourth-order valence-corrected chi connectivity index (χ4v) is 2.27. The van der Waals surface area contributed by atoms with E-state index in [0.29, 0.717) is 17.8 Å². The number of aromatic nitrogens is 1. The van der Waals surface area contributed by atoms with Crippen molar-refractivity contribution in [1.29, 1.82) is 0 Å². The van der Waals surface area contributed by atoms with Gasteiger partial charge >= 0.3 is 0 Å². The quantitative estimate of drug-likeness (QED) is 0.665. The lowest BCUT2D eigenvalue weighted by molar-refractivity contribution is 0.0785. The lowest BCUT2D eigenvalue weighted by Crippen LogP contribution is -2.27. The van der Waals surface area contributed by atoms with Crippen LogP contribution in [-0.2, 0) is 6.54 Å². The smallest absolute Gasteiger partial charge is 0.256 e. The molecule has 1 aromatic heterocycles. The van der Waals surface area contributed by atoms with Crippen LogP contribution in [0.3, 0.4) is 0 Å². The molecule has 0 aliphatic rings. The highest BCUT2D eigenvalue weighted by molar-refractivity contribution is 9.10. The van der Waals surface area contributed by atoms with Gasteiger partial charge in [0.25, 0.3) is 5.91 Å². The average Bonchev–Trinajstić information content (AvgIpc) is 2.48. The van der Waals surface area contributed by atoms with Gasteiger partial charge in [0.05, 0.1) is 17.4 Å². The Morgan fingerprint density at radius 3 is 2.85 bits per heavy atom. The summed E-state index contributed by atoms with van der Waals surface area (Å²) in [6.07, 6.45) is 3.10. The maximum atomic E-state index is 12.4. The molecular weight excluding hydrogens is 320 g/mol. The van der Waals surface area contributed by atoms with E-state index < -0.39 is 0 Å². The average molecular weight is 335 g/mol. The molecule has 20 heavy (non-hydrogen) atoms. The Balaban J connectivity index is 2.19. The molecule has 0 aliphatic carbocycles. The number of amides is 1. The summed E-state index contributed by atoms with van der Waals surface area (Å²) in [6.45, 7) is 0.507. The number of pyridine rings is 1. The fourth-order valence-electron chi connectivity index (χ4n) is 1.86. The molecule has 0 saturated heterocycles. The maximum Gasteiger partial charge on any atom is 0.256 e. The van der Waals surface area contributed by atoms with Gasteiger partial charge in [0.2, 0.25) is 0 Å². The minimum atomic E-state index is -0.115. The van der Waals surface area contributed by atoms with Gasteiger partial charge < -0.3 is 10.3 Å². The first-order chi connectivity index (χ1) is 9.63. The summed E-state index contributed by atoms with van der Waals surface area (Å²) >= 11 is 3.48. The predicted molar refractivity (Wildman–Crippen MR) is 82.0 cm³/mol. The molecule has 104 valence electrons. The Morgan fingerprint density at radius 1 is 1.40 bits per heavy atom. The van der Waals surface area contributed by atoms with E-state index in [9.17, 15) is 4.79 Å². The molecule has 0 saturated carbocycles. The molecule has 6 heteroatoms. The van der Waals surface area contributed by atoms with E-state index in [1.165, 1.54) is 6.20 Å². The first kappa shape index (κ1) is 14.5. The van der Waals surface area contributed by atoms with E-state index in [-0.39, 0.29) is 5.91 Å². The zero-order valence-electron chi connectivity index (χ0n) is 11.0. The van der Waals surface area contributed by atoms with Crippen LogP contribution in [0.5, 0.6) is 0 Å². The molecule has 0 atom stereocenters. The Kier molecular flexibility index (Phi) is 4.70. The van der Waals surface area contributed by atoms with Gasteiger partial charge in [-0.3, -0.25) is 15.6 Å². The molecule has 0 spiro atoms. The molecule has 2 rings (SSSR count). The minimum absolute atomic E-state index is 0.115. The molecule has 0 unspecified atom stereocenters. The second-order valence-electron chi connectivity index (χ2n) is 4.32. The van der Waals surface area contributed by atoms with Gasteiger partial charge in [0.1, 0.15) is 0 Å². The molecule has 5 nitrogen and oxygen atoms in total. The summed E-state index contributed by atoms with van der Waals surface area (Å²) in [5.41, 5.74) is 4.54. The van der Waals surface area contributed by atoms with Gasteiger partial charge in [-0.2, -0.15) is 0 Å². The molecule has 1 amide bonds. The highest BCUT2D eigenvalue weighted by Gasteiger charge is 2.16. The predicted octanol–water partition coefficient (Wildman–Crippen LogP) is 2.40. The van der Waals surface area contributed by atoms with E-state index in [4.69, 9.17) is 5.84 Å². The number of carbonyl (C=O) groups is 1. The minimum Gasteiger partial charge on any atom is -0.337 e. The summed E-state index contributed by atoms with van der Waals surface area (Å²) in [5, 5.41) is 0. The topological polar surface area (TPSA) is 71.2 Å². The normalized spacial score (nSPS) is 10.2. The Morgan fingerprint density at radius 2 is 2.15 bits per heavy atom. The highest BCUT2D eigenvalue weighted by atomic mass is 79.9. The summed E-state index contributed by atoms with van der Waals surface area (Å²) in [6, 6.07) is 9.45. The van der Waals surface area contributed by atoms with Gasteiger partial charge in [-0.25, -0.2) is 0 Å². The van der Waals surface area contributed by atoms with Crippen LogP contribution in [0.1, 0.15) is 15.9 Å². The molecule has 0 radical (unpaired) electrons. The molecular formula is C14H15BrN4O. The monoisotopic (exact) mass is 334 g/mol. The van der Waals surface area contributed by atoms with Crippen LogP contribution in [0.2, 0.25) is 0 Å². The molecule has 1 aromatic carbocycles. The van der Waals surface area contributed by atoms with Crippen LogP contribution >= 0.6 is 15.9 Å². The summed E-state index contributed by atoms with van der Waals surface area (Å²) in [5.74, 6) is 5.28. The van der Waals surface area contributed by atoms with E-state index >= 15 is 0 Å². The molecule has 0 fully saturated rings. The van der Waals surface area contributed by atoms with Crippen molar-refractivity contribution in [2.75, 3.05) is 12.5 Å². The van der Waals surface area contributed by atoms with Crippen molar-refractivity contribution in [1.82, 2.24) is 9.88 Å². The second kappa shape index (κ2) is 6.49. The second-order valence-corrected chi connectivity index (χ2v) is 5.17. The van der Waals surface area contributed by atoms with Gasteiger partial charge in [-0.1, -0.05) is 34.1 Å². The van der Waals surface area contributed by atoms with Crippen molar-refractivity contribution < 1.29 is 4.79 Å². The third-order valence-corrected chi connectivity index (χ3v) is 3.69. The lowest BCUT2D eigenvalue weighted by Gasteiger charge is -2.19. The molecule has 1 heterocycles. The third-order valence-electron chi connectivity index (χ3n) is 2.92. The van der Waals surface area contributed by atoms with Crippen molar-refractivity contribution in [2.24, 2.45) is 5.84 Å². The van der Waals surface area contributed by atoms with Crippen LogP contribution in [0.25, 0.3) is 0 Å². The number of nitrogens with one attached hydrogen (secondary N) is 1. The number of anilines is 1. The van der Waals surface area contributed by atoms with Crippen molar-refractivity contribution in [2.45, 2.75) is 6.54 Å². The number of carbonyl (C=O) groups excluding carboxylic acids is 1. The van der Waals surface area contributed by atoms with Crippen molar-refractivity contribution >= 4 is 27.5 Å². The molecule has 3 N–H and O–H groups in total. The van der Waals surface area contributed by atoms with Gasteiger partial charge in [-0.05, 0) is 17.7 Å². The molecule has 2 aromatic rings. The van der Waals surface area contributed by atoms with Crippen LogP contribution in [0.4, 0.5) is 5.69 Å². The van der Waals surface area contributed by atoms with Crippen LogP contribution < -0.4 is 11.3 Å².